The number of aryl methyl sites for hydroxylation is 1. The van der Waals surface area contributed by atoms with Crippen LogP contribution < -0.4 is 0 Å². The van der Waals surface area contributed by atoms with Gasteiger partial charge in [-0.2, -0.15) is 0 Å². The van der Waals surface area contributed by atoms with Gasteiger partial charge < -0.3 is 5.21 Å². The summed E-state index contributed by atoms with van der Waals surface area (Å²) >= 11 is 1.51. The summed E-state index contributed by atoms with van der Waals surface area (Å²) in [6, 6.07) is 10.4. The van der Waals surface area contributed by atoms with Crippen LogP contribution in [0, 0.1) is 6.92 Å². The molecule has 0 saturated heterocycles. The Labute approximate surface area is 124 Å². The molecule has 0 aliphatic rings. The molecule has 0 spiro atoms. The monoisotopic (exact) mass is 297 g/mol. The molecule has 0 fully saturated rings. The minimum atomic E-state index is -0.384. The Kier molecular flexibility index (Phi) is 3.45. The number of thiazole rings is 1. The van der Waals surface area contributed by atoms with Crippen molar-refractivity contribution in [3.8, 4) is 0 Å². The molecule has 1 aromatic carbocycles. The highest BCUT2D eigenvalue weighted by Gasteiger charge is 2.19. The number of aromatic nitrogens is 2. The molecule has 6 heteroatoms. The molecule has 0 saturated carbocycles. The van der Waals surface area contributed by atoms with Gasteiger partial charge in [-0.3, -0.25) is 9.78 Å². The average Bonchev–Trinajstić information content (AvgIpc) is 2.95. The number of pyridine rings is 1. The molecule has 0 aliphatic heterocycles. The van der Waals surface area contributed by atoms with Crippen molar-refractivity contribution in [1.29, 1.82) is 0 Å². The molecule has 21 heavy (non-hydrogen) atoms. The van der Waals surface area contributed by atoms with Gasteiger partial charge in [0.2, 0.25) is 5.78 Å². The van der Waals surface area contributed by atoms with Gasteiger partial charge in [0.1, 0.15) is 0 Å². The van der Waals surface area contributed by atoms with Gasteiger partial charge in [-0.05, 0) is 37.3 Å². The van der Waals surface area contributed by atoms with Crippen molar-refractivity contribution >= 4 is 33.0 Å². The normalized spacial score (nSPS) is 11.8. The Morgan fingerprint density at radius 2 is 2.14 bits per heavy atom. The lowest BCUT2D eigenvalue weighted by atomic mass is 10.0. The summed E-state index contributed by atoms with van der Waals surface area (Å²) in [5, 5.41) is 12.3. The molecule has 0 bridgehead atoms. The first kappa shape index (κ1) is 13.4. The minimum Gasteiger partial charge on any atom is -0.410 e. The van der Waals surface area contributed by atoms with Crippen molar-refractivity contribution in [3.05, 3.63) is 58.9 Å². The van der Waals surface area contributed by atoms with Crippen LogP contribution in [0.25, 0.3) is 10.2 Å². The molecular weight excluding hydrogens is 286 g/mol. The second-order valence-corrected chi connectivity index (χ2v) is 5.36. The molecule has 3 aromatic rings. The van der Waals surface area contributed by atoms with E-state index in [9.17, 15) is 10.0 Å². The van der Waals surface area contributed by atoms with Crippen LogP contribution in [0.5, 0.6) is 0 Å². The van der Waals surface area contributed by atoms with Crippen LogP contribution in [0.4, 0.5) is 0 Å². The summed E-state index contributed by atoms with van der Waals surface area (Å²) in [6.45, 7) is 1.81. The number of ketones is 1. The fourth-order valence-corrected chi connectivity index (χ4v) is 2.68. The summed E-state index contributed by atoms with van der Waals surface area (Å²) in [6.07, 6.45) is 0. The lowest BCUT2D eigenvalue weighted by Crippen LogP contribution is -2.17. The number of carbonyl (C=O) groups is 1. The highest BCUT2D eigenvalue weighted by molar-refractivity contribution is 7.16. The number of hydrogen-bond donors (Lipinski definition) is 1. The summed E-state index contributed by atoms with van der Waals surface area (Å²) in [5.41, 5.74) is 3.91. The maximum atomic E-state index is 12.5. The predicted octanol–water partition coefficient (Wildman–Crippen LogP) is 3.06. The van der Waals surface area contributed by atoms with Crippen molar-refractivity contribution < 1.29 is 10.0 Å². The SMILES string of the molecule is Cc1cccc(C(=NO)C(=O)c2ccc3scnc3c2)n1. The zero-order valence-corrected chi connectivity index (χ0v) is 12.0. The Hall–Kier alpha value is -2.60. The summed E-state index contributed by atoms with van der Waals surface area (Å²) in [5.74, 6) is -0.384. The Morgan fingerprint density at radius 1 is 1.29 bits per heavy atom. The smallest absolute Gasteiger partial charge is 0.217 e. The van der Waals surface area contributed by atoms with E-state index in [0.29, 0.717) is 11.3 Å². The maximum Gasteiger partial charge on any atom is 0.217 e. The number of carbonyl (C=O) groups excluding carboxylic acids is 1. The number of hydrogen-bond acceptors (Lipinski definition) is 6. The van der Waals surface area contributed by atoms with E-state index in [4.69, 9.17) is 0 Å². The fourth-order valence-electron chi connectivity index (χ4n) is 2.02. The molecule has 2 aromatic heterocycles. The van der Waals surface area contributed by atoms with Crippen molar-refractivity contribution in [3.63, 3.8) is 0 Å². The highest BCUT2D eigenvalue weighted by Crippen LogP contribution is 2.20. The van der Waals surface area contributed by atoms with Crippen LogP contribution in [0.2, 0.25) is 0 Å². The second kappa shape index (κ2) is 5.41. The van der Waals surface area contributed by atoms with Crippen LogP contribution >= 0.6 is 11.3 Å². The molecule has 0 aliphatic carbocycles. The lowest BCUT2D eigenvalue weighted by molar-refractivity contribution is 0.106. The Balaban J connectivity index is 2.02. The third kappa shape index (κ3) is 2.53. The number of rotatable bonds is 3. The second-order valence-electron chi connectivity index (χ2n) is 4.48. The van der Waals surface area contributed by atoms with E-state index in [-0.39, 0.29) is 11.5 Å². The molecule has 104 valence electrons. The van der Waals surface area contributed by atoms with Crippen molar-refractivity contribution in [1.82, 2.24) is 9.97 Å². The highest BCUT2D eigenvalue weighted by atomic mass is 32.1. The van der Waals surface area contributed by atoms with Crippen LogP contribution in [-0.4, -0.2) is 26.7 Å². The molecule has 0 radical (unpaired) electrons. The first-order chi connectivity index (χ1) is 10.2. The quantitative estimate of drug-likeness (QED) is 0.349. The van der Waals surface area contributed by atoms with Crippen LogP contribution in [0.15, 0.2) is 47.1 Å². The topological polar surface area (TPSA) is 75.4 Å². The van der Waals surface area contributed by atoms with E-state index in [1.807, 2.05) is 19.1 Å². The minimum absolute atomic E-state index is 0.0757. The first-order valence-electron chi connectivity index (χ1n) is 6.23. The van der Waals surface area contributed by atoms with Gasteiger partial charge in [-0.15, -0.1) is 11.3 Å². The van der Waals surface area contributed by atoms with E-state index < -0.39 is 0 Å². The molecule has 1 N–H and O–H groups in total. The zero-order valence-electron chi connectivity index (χ0n) is 11.1. The van der Waals surface area contributed by atoms with Crippen molar-refractivity contribution in [2.75, 3.05) is 0 Å². The van der Waals surface area contributed by atoms with Crippen molar-refractivity contribution in [2.24, 2.45) is 5.16 Å². The molecule has 0 amide bonds. The Bertz CT molecular complexity index is 855. The predicted molar refractivity (Wildman–Crippen MR) is 81.2 cm³/mol. The number of benzene rings is 1. The maximum absolute atomic E-state index is 12.5. The van der Waals surface area contributed by atoms with E-state index in [1.165, 1.54) is 11.3 Å². The van der Waals surface area contributed by atoms with Gasteiger partial charge in [0, 0.05) is 11.3 Å². The van der Waals surface area contributed by atoms with E-state index in [1.54, 1.807) is 29.8 Å². The van der Waals surface area contributed by atoms with Crippen LogP contribution in [0.3, 0.4) is 0 Å². The van der Waals surface area contributed by atoms with Gasteiger partial charge in [0.15, 0.2) is 5.71 Å². The van der Waals surface area contributed by atoms with Gasteiger partial charge in [-0.25, -0.2) is 4.98 Å². The standard InChI is InChI=1S/C15H11N3O2S/c1-9-3-2-4-11(17-9)14(18-20)15(19)10-5-6-13-12(7-10)16-8-21-13/h2-8,20H,1H3. The number of nitrogens with zero attached hydrogens (tertiary/aromatic N) is 3. The van der Waals surface area contributed by atoms with Crippen LogP contribution in [-0.2, 0) is 0 Å². The molecular formula is C15H11N3O2S. The largest absolute Gasteiger partial charge is 0.410 e. The summed E-state index contributed by atoms with van der Waals surface area (Å²) < 4.78 is 1.00. The third-order valence-electron chi connectivity index (χ3n) is 3.04. The Morgan fingerprint density at radius 3 is 2.90 bits per heavy atom. The van der Waals surface area contributed by atoms with Gasteiger partial charge in [-0.1, -0.05) is 11.2 Å². The summed E-state index contributed by atoms with van der Waals surface area (Å²) in [7, 11) is 0. The first-order valence-corrected chi connectivity index (χ1v) is 7.11. The van der Waals surface area contributed by atoms with Gasteiger partial charge >= 0.3 is 0 Å². The van der Waals surface area contributed by atoms with Crippen molar-refractivity contribution in [2.45, 2.75) is 6.92 Å². The third-order valence-corrected chi connectivity index (χ3v) is 3.85. The lowest BCUT2D eigenvalue weighted by Gasteiger charge is -2.04. The summed E-state index contributed by atoms with van der Waals surface area (Å²) in [4.78, 5) is 20.9. The molecule has 2 heterocycles. The number of Topliss-reactive ketones (excluding diaryl/α,β-unsaturated/α-hetero) is 1. The van der Waals surface area contributed by atoms with E-state index >= 15 is 0 Å². The zero-order chi connectivity index (χ0) is 14.8. The molecule has 0 unspecified atom stereocenters. The fraction of sp³-hybridized carbons (Fsp3) is 0.0667. The average molecular weight is 297 g/mol. The molecule has 0 atom stereocenters. The molecule has 5 nitrogen and oxygen atoms in total. The van der Waals surface area contributed by atoms with E-state index in [2.05, 4.69) is 15.1 Å². The number of fused-ring (bicyclic) bond motifs is 1. The van der Waals surface area contributed by atoms with Crippen LogP contribution in [0.1, 0.15) is 21.7 Å². The van der Waals surface area contributed by atoms with Gasteiger partial charge in [0.25, 0.3) is 0 Å². The number of oxime groups is 1. The van der Waals surface area contributed by atoms with E-state index in [0.717, 1.165) is 15.9 Å². The van der Waals surface area contributed by atoms with Gasteiger partial charge in [0.05, 0.1) is 21.4 Å². The molecule has 3 rings (SSSR count).